The SMILES string of the molecule is c1ccc(C2CN(C34CC5CC(CC(c6ccc(-n7c8ccccc8c8ccccc87)cc6)(C5)C3)C4)c3ccccc32)cc1. The Hall–Kier alpha value is -4.30. The summed E-state index contributed by atoms with van der Waals surface area (Å²) in [6.07, 6.45) is 8.16. The van der Waals surface area contributed by atoms with Crippen molar-refractivity contribution in [2.75, 3.05) is 11.4 Å². The van der Waals surface area contributed by atoms with Gasteiger partial charge in [-0.2, -0.15) is 0 Å². The molecule has 3 unspecified atom stereocenters. The molecule has 2 heterocycles. The zero-order valence-electron chi connectivity index (χ0n) is 25.2. The maximum atomic E-state index is 2.92. The third kappa shape index (κ3) is 3.49. The molecule has 1 aromatic heterocycles. The van der Waals surface area contributed by atoms with E-state index in [1.807, 2.05) is 0 Å². The quantitative estimate of drug-likeness (QED) is 0.205. The molecule has 4 fully saturated rings. The zero-order chi connectivity index (χ0) is 28.9. The highest BCUT2D eigenvalue weighted by atomic mass is 15.2. The topological polar surface area (TPSA) is 8.17 Å². The normalized spacial score (nSPS) is 28.6. The van der Waals surface area contributed by atoms with Crippen LogP contribution in [0.25, 0.3) is 27.5 Å². The molecule has 5 aliphatic rings. The minimum absolute atomic E-state index is 0.259. The van der Waals surface area contributed by atoms with Crippen molar-refractivity contribution in [3.8, 4) is 5.69 Å². The molecule has 0 saturated heterocycles. The number of fused-ring (bicyclic) bond motifs is 4. The molecule has 3 atom stereocenters. The van der Waals surface area contributed by atoms with Gasteiger partial charge < -0.3 is 9.47 Å². The molecule has 1 aliphatic heterocycles. The van der Waals surface area contributed by atoms with Gasteiger partial charge in [-0.25, -0.2) is 0 Å². The van der Waals surface area contributed by atoms with Crippen molar-refractivity contribution < 1.29 is 0 Å². The van der Waals surface area contributed by atoms with Crippen molar-refractivity contribution in [2.45, 2.75) is 55.4 Å². The molecule has 0 radical (unpaired) electrons. The van der Waals surface area contributed by atoms with Gasteiger partial charge >= 0.3 is 0 Å². The summed E-state index contributed by atoms with van der Waals surface area (Å²) < 4.78 is 2.46. The van der Waals surface area contributed by atoms with Crippen LogP contribution in [0.5, 0.6) is 0 Å². The Morgan fingerprint density at radius 2 is 1.18 bits per heavy atom. The van der Waals surface area contributed by atoms with Gasteiger partial charge in [-0.3, -0.25) is 0 Å². The van der Waals surface area contributed by atoms with E-state index in [9.17, 15) is 0 Å². The fraction of sp³-hybridized carbons (Fsp3) is 0.286. The molecule has 0 N–H and O–H groups in total. The molecule has 4 bridgehead atoms. The smallest absolute Gasteiger partial charge is 0.0541 e. The van der Waals surface area contributed by atoms with Gasteiger partial charge in [0, 0.05) is 40.1 Å². The lowest BCUT2D eigenvalue weighted by atomic mass is 9.45. The largest absolute Gasteiger partial charge is 0.365 e. The number of hydrogen-bond acceptors (Lipinski definition) is 1. The van der Waals surface area contributed by atoms with Crippen molar-refractivity contribution in [1.29, 1.82) is 0 Å². The Labute approximate surface area is 260 Å². The minimum Gasteiger partial charge on any atom is -0.365 e. The zero-order valence-corrected chi connectivity index (χ0v) is 25.2. The summed E-state index contributed by atoms with van der Waals surface area (Å²) >= 11 is 0. The predicted molar refractivity (Wildman–Crippen MR) is 182 cm³/mol. The van der Waals surface area contributed by atoms with Crippen LogP contribution in [0.2, 0.25) is 0 Å². The molecule has 2 nitrogen and oxygen atoms in total. The van der Waals surface area contributed by atoms with E-state index in [4.69, 9.17) is 0 Å². The molecule has 2 heteroatoms. The van der Waals surface area contributed by atoms with Crippen molar-refractivity contribution in [2.24, 2.45) is 11.8 Å². The van der Waals surface area contributed by atoms with Crippen LogP contribution < -0.4 is 4.90 Å². The maximum absolute atomic E-state index is 2.92. The third-order valence-electron chi connectivity index (χ3n) is 12.1. The van der Waals surface area contributed by atoms with E-state index in [1.54, 1.807) is 5.56 Å². The number of rotatable bonds is 4. The molecule has 0 spiro atoms. The summed E-state index contributed by atoms with van der Waals surface area (Å²) in [5, 5.41) is 2.66. The van der Waals surface area contributed by atoms with Crippen LogP contribution in [-0.2, 0) is 5.41 Å². The molecule has 4 saturated carbocycles. The first-order chi connectivity index (χ1) is 21.7. The highest BCUT2D eigenvalue weighted by Crippen LogP contribution is 2.65. The van der Waals surface area contributed by atoms with E-state index in [-0.39, 0.29) is 11.0 Å². The van der Waals surface area contributed by atoms with E-state index in [2.05, 4.69) is 137 Å². The van der Waals surface area contributed by atoms with E-state index in [1.165, 1.54) is 82.8 Å². The van der Waals surface area contributed by atoms with Crippen LogP contribution in [0.4, 0.5) is 5.69 Å². The Kier molecular flexibility index (Phi) is 5.19. The Morgan fingerprint density at radius 1 is 0.568 bits per heavy atom. The third-order valence-corrected chi connectivity index (χ3v) is 12.1. The predicted octanol–water partition coefficient (Wildman–Crippen LogP) is 10.0. The Balaban J connectivity index is 1.04. The van der Waals surface area contributed by atoms with Crippen LogP contribution in [0.3, 0.4) is 0 Å². The highest BCUT2D eigenvalue weighted by Gasteiger charge is 2.61. The minimum atomic E-state index is 0.259. The summed E-state index contributed by atoms with van der Waals surface area (Å²) in [5.74, 6) is 2.12. The number of aromatic nitrogens is 1. The number of benzene rings is 5. The van der Waals surface area contributed by atoms with Crippen LogP contribution in [0.15, 0.2) is 127 Å². The number of anilines is 1. The lowest BCUT2D eigenvalue weighted by Gasteiger charge is -2.65. The Bertz CT molecular complexity index is 1970. The molecular weight excluding hydrogens is 532 g/mol. The van der Waals surface area contributed by atoms with Crippen molar-refractivity contribution in [3.63, 3.8) is 0 Å². The van der Waals surface area contributed by atoms with Crippen molar-refractivity contribution >= 4 is 27.5 Å². The van der Waals surface area contributed by atoms with E-state index in [0.717, 1.165) is 18.4 Å². The molecule has 44 heavy (non-hydrogen) atoms. The number of nitrogens with zero attached hydrogens (tertiary/aromatic N) is 2. The molecule has 5 aromatic carbocycles. The molecule has 0 amide bonds. The van der Waals surface area contributed by atoms with Gasteiger partial charge in [0.2, 0.25) is 0 Å². The van der Waals surface area contributed by atoms with E-state index >= 15 is 0 Å². The second-order valence-electron chi connectivity index (χ2n) is 14.5. The van der Waals surface area contributed by atoms with Gasteiger partial charge in [-0.15, -0.1) is 0 Å². The fourth-order valence-corrected chi connectivity index (χ4v) is 10.9. The molecule has 6 aromatic rings. The number of hydrogen-bond donors (Lipinski definition) is 0. The highest BCUT2D eigenvalue weighted by molar-refractivity contribution is 6.09. The maximum Gasteiger partial charge on any atom is 0.0541 e. The molecule has 216 valence electrons. The van der Waals surface area contributed by atoms with Gasteiger partial charge in [-0.05, 0) is 103 Å². The average molecular weight is 571 g/mol. The first-order valence-corrected chi connectivity index (χ1v) is 16.7. The summed E-state index contributed by atoms with van der Waals surface area (Å²) in [6, 6.07) is 48.1. The first-order valence-electron chi connectivity index (χ1n) is 16.7. The van der Waals surface area contributed by atoms with Crippen molar-refractivity contribution in [1.82, 2.24) is 4.57 Å². The first kappa shape index (κ1) is 25.1. The summed E-state index contributed by atoms with van der Waals surface area (Å²) in [7, 11) is 0. The van der Waals surface area contributed by atoms with Crippen LogP contribution in [0, 0.1) is 11.8 Å². The van der Waals surface area contributed by atoms with E-state index < -0.39 is 0 Å². The summed E-state index contributed by atoms with van der Waals surface area (Å²) in [5.41, 5.74) is 10.4. The molecule has 11 rings (SSSR count). The summed E-state index contributed by atoms with van der Waals surface area (Å²) in [4.78, 5) is 2.92. The fourth-order valence-electron chi connectivity index (χ4n) is 10.9. The van der Waals surface area contributed by atoms with Gasteiger partial charge in [0.1, 0.15) is 0 Å². The lowest BCUT2D eigenvalue weighted by molar-refractivity contribution is -0.0262. The van der Waals surface area contributed by atoms with Crippen LogP contribution >= 0.6 is 0 Å². The van der Waals surface area contributed by atoms with Gasteiger partial charge in [0.05, 0.1) is 11.0 Å². The van der Waals surface area contributed by atoms with Crippen LogP contribution in [0.1, 0.15) is 61.1 Å². The monoisotopic (exact) mass is 570 g/mol. The number of para-hydroxylation sites is 3. The van der Waals surface area contributed by atoms with Gasteiger partial charge in [-0.1, -0.05) is 97.1 Å². The lowest BCUT2D eigenvalue weighted by Crippen LogP contribution is -2.64. The average Bonchev–Trinajstić information content (AvgIpc) is 3.62. The Morgan fingerprint density at radius 3 is 1.89 bits per heavy atom. The van der Waals surface area contributed by atoms with Crippen molar-refractivity contribution in [3.05, 3.63) is 144 Å². The molecular formula is C42H38N2. The second kappa shape index (κ2) is 9.11. The van der Waals surface area contributed by atoms with E-state index in [0.29, 0.717) is 5.92 Å². The van der Waals surface area contributed by atoms with Crippen LogP contribution in [-0.4, -0.2) is 16.7 Å². The summed E-state index contributed by atoms with van der Waals surface area (Å²) in [6.45, 7) is 1.12. The standard InChI is InChI=1S/C42H38N2/c1-2-10-31(11-3-1)37-27-43(38-15-7-4-14-36(37)38)42-25-29-22-30(26-42)24-41(23-29,28-42)32-18-20-33(21-19-32)44-39-16-8-5-12-34(39)35-13-6-9-17-40(35)44/h1-21,29-30,37H,22-28H2. The van der Waals surface area contributed by atoms with Gasteiger partial charge in [0.25, 0.3) is 0 Å². The molecule has 4 aliphatic carbocycles. The second-order valence-corrected chi connectivity index (χ2v) is 14.5. The van der Waals surface area contributed by atoms with Gasteiger partial charge in [0.15, 0.2) is 0 Å².